The summed E-state index contributed by atoms with van der Waals surface area (Å²) in [4.78, 5) is 12.4. The summed E-state index contributed by atoms with van der Waals surface area (Å²) in [6.45, 7) is 1.99. The van der Waals surface area contributed by atoms with Gasteiger partial charge >= 0.3 is 0 Å². The van der Waals surface area contributed by atoms with E-state index in [0.29, 0.717) is 22.6 Å². The zero-order valence-corrected chi connectivity index (χ0v) is 12.4. The molecule has 1 amide bonds. The van der Waals surface area contributed by atoms with Crippen LogP contribution in [-0.2, 0) is 0 Å². The van der Waals surface area contributed by atoms with Crippen LogP contribution in [0.5, 0.6) is 0 Å². The number of aryl methyl sites for hydroxylation is 1. The highest BCUT2D eigenvalue weighted by Gasteiger charge is 2.17. The number of nitriles is 1. The van der Waals surface area contributed by atoms with Crippen LogP contribution >= 0.6 is 0 Å². The van der Waals surface area contributed by atoms with E-state index in [-0.39, 0.29) is 5.91 Å². The molecule has 5 heteroatoms. The minimum absolute atomic E-state index is 0.313. The molecule has 0 unspecified atom stereocenters. The second-order valence-electron chi connectivity index (χ2n) is 5.08. The number of anilines is 1. The van der Waals surface area contributed by atoms with Gasteiger partial charge in [0.1, 0.15) is 5.56 Å². The lowest BCUT2D eigenvalue weighted by molar-refractivity contribution is 0.102. The predicted molar refractivity (Wildman–Crippen MR) is 85.8 cm³/mol. The first kappa shape index (κ1) is 14.5. The van der Waals surface area contributed by atoms with Crippen molar-refractivity contribution in [3.63, 3.8) is 0 Å². The fourth-order valence-corrected chi connectivity index (χ4v) is 2.14. The molecule has 3 rings (SSSR count). The molecule has 0 fully saturated rings. The second-order valence-corrected chi connectivity index (χ2v) is 5.08. The van der Waals surface area contributed by atoms with Gasteiger partial charge in [0.25, 0.3) is 5.91 Å². The lowest BCUT2D eigenvalue weighted by atomic mass is 10.1. The maximum Gasteiger partial charge on any atom is 0.261 e. The number of hydrogen-bond acceptors (Lipinski definition) is 4. The Labute approximate surface area is 133 Å². The minimum atomic E-state index is -0.313. The zero-order valence-electron chi connectivity index (χ0n) is 12.4. The molecular formula is C18H13N3O2. The number of carbonyl (C=O) groups excluding carboxylic acids is 1. The van der Waals surface area contributed by atoms with E-state index in [9.17, 15) is 4.79 Å². The van der Waals surface area contributed by atoms with Crippen molar-refractivity contribution < 1.29 is 9.32 Å². The molecule has 1 aromatic heterocycles. The van der Waals surface area contributed by atoms with Crippen LogP contribution in [0, 0.1) is 18.3 Å². The molecule has 0 bridgehead atoms. The normalized spacial score (nSPS) is 10.1. The Morgan fingerprint density at radius 2 is 1.83 bits per heavy atom. The first-order valence-electron chi connectivity index (χ1n) is 7.00. The van der Waals surface area contributed by atoms with Crippen LogP contribution in [0.15, 0.2) is 59.3 Å². The van der Waals surface area contributed by atoms with E-state index in [4.69, 9.17) is 9.78 Å². The summed E-state index contributed by atoms with van der Waals surface area (Å²) in [6.07, 6.45) is 1.40. The van der Waals surface area contributed by atoms with Crippen molar-refractivity contribution >= 4 is 11.6 Å². The lowest BCUT2D eigenvalue weighted by Gasteiger charge is -2.05. The van der Waals surface area contributed by atoms with Crippen LogP contribution in [0.3, 0.4) is 0 Å². The van der Waals surface area contributed by atoms with E-state index >= 15 is 0 Å². The summed E-state index contributed by atoms with van der Waals surface area (Å²) < 4.78 is 5.23. The van der Waals surface area contributed by atoms with E-state index in [2.05, 4.69) is 10.5 Å². The number of nitrogens with zero attached hydrogens (tertiary/aromatic N) is 2. The van der Waals surface area contributed by atoms with E-state index < -0.39 is 0 Å². The molecule has 0 aliphatic rings. The molecule has 0 saturated carbocycles. The molecule has 0 atom stereocenters. The Bertz CT molecular complexity index is 872. The highest BCUT2D eigenvalue weighted by molar-refractivity contribution is 6.07. The third kappa shape index (κ3) is 3.11. The standard InChI is InChI=1S/C18H13N3O2/c1-12-2-6-14(7-3-12)17-16(11-20-23-17)18(22)21-15-8-4-13(10-19)5-9-15/h2-9,11H,1H3,(H,21,22). The van der Waals surface area contributed by atoms with Gasteiger partial charge in [-0.3, -0.25) is 4.79 Å². The van der Waals surface area contributed by atoms with E-state index in [0.717, 1.165) is 11.1 Å². The first-order valence-corrected chi connectivity index (χ1v) is 7.00. The van der Waals surface area contributed by atoms with Gasteiger partial charge in [-0.05, 0) is 31.2 Å². The molecule has 0 aliphatic heterocycles. The van der Waals surface area contributed by atoms with Gasteiger partial charge in [0.05, 0.1) is 17.8 Å². The quantitative estimate of drug-likeness (QED) is 0.798. The predicted octanol–water partition coefficient (Wildman–Crippen LogP) is 3.77. The Morgan fingerprint density at radius 3 is 2.48 bits per heavy atom. The fourth-order valence-electron chi connectivity index (χ4n) is 2.14. The van der Waals surface area contributed by atoms with Crippen molar-refractivity contribution in [1.29, 1.82) is 5.26 Å². The van der Waals surface area contributed by atoms with Gasteiger partial charge in [-0.25, -0.2) is 0 Å². The van der Waals surface area contributed by atoms with Crippen LogP contribution in [0.4, 0.5) is 5.69 Å². The van der Waals surface area contributed by atoms with Crippen LogP contribution < -0.4 is 5.32 Å². The Hall–Kier alpha value is -3.39. The molecule has 112 valence electrons. The van der Waals surface area contributed by atoms with Gasteiger partial charge in [0, 0.05) is 11.3 Å². The molecule has 1 heterocycles. The molecule has 5 nitrogen and oxygen atoms in total. The van der Waals surface area contributed by atoms with E-state index in [1.165, 1.54) is 6.20 Å². The third-order valence-electron chi connectivity index (χ3n) is 3.40. The molecule has 3 aromatic rings. The van der Waals surface area contributed by atoms with Gasteiger partial charge in [0.2, 0.25) is 0 Å². The zero-order chi connectivity index (χ0) is 16.2. The molecule has 2 aromatic carbocycles. The number of nitrogens with one attached hydrogen (secondary N) is 1. The molecule has 0 saturated heterocycles. The first-order chi connectivity index (χ1) is 11.2. The second kappa shape index (κ2) is 6.16. The summed E-state index contributed by atoms with van der Waals surface area (Å²) >= 11 is 0. The van der Waals surface area contributed by atoms with Crippen LogP contribution in [-0.4, -0.2) is 11.1 Å². The number of benzene rings is 2. The summed E-state index contributed by atoms with van der Waals surface area (Å²) in [5.74, 6) is 0.114. The van der Waals surface area contributed by atoms with Gasteiger partial charge in [-0.2, -0.15) is 5.26 Å². The van der Waals surface area contributed by atoms with Crippen molar-refractivity contribution in [1.82, 2.24) is 5.16 Å². The van der Waals surface area contributed by atoms with Crippen molar-refractivity contribution in [2.75, 3.05) is 5.32 Å². The Balaban J connectivity index is 1.84. The van der Waals surface area contributed by atoms with Gasteiger partial charge in [0.15, 0.2) is 5.76 Å². The molecule has 23 heavy (non-hydrogen) atoms. The van der Waals surface area contributed by atoms with Gasteiger partial charge in [-0.1, -0.05) is 35.0 Å². The lowest BCUT2D eigenvalue weighted by Crippen LogP contribution is -2.12. The smallest absolute Gasteiger partial charge is 0.261 e. The maximum absolute atomic E-state index is 12.4. The number of carbonyl (C=O) groups is 1. The van der Waals surface area contributed by atoms with E-state index in [1.54, 1.807) is 24.3 Å². The van der Waals surface area contributed by atoms with Crippen LogP contribution in [0.25, 0.3) is 11.3 Å². The Kier molecular flexibility index (Phi) is 3.89. The topological polar surface area (TPSA) is 78.9 Å². The average molecular weight is 303 g/mol. The molecule has 0 spiro atoms. The molecule has 0 aliphatic carbocycles. The number of amides is 1. The summed E-state index contributed by atoms with van der Waals surface area (Å²) in [7, 11) is 0. The third-order valence-corrected chi connectivity index (χ3v) is 3.40. The van der Waals surface area contributed by atoms with Crippen molar-refractivity contribution in [2.24, 2.45) is 0 Å². The number of hydrogen-bond donors (Lipinski definition) is 1. The maximum atomic E-state index is 12.4. The highest BCUT2D eigenvalue weighted by atomic mass is 16.5. The highest BCUT2D eigenvalue weighted by Crippen LogP contribution is 2.24. The number of rotatable bonds is 3. The summed E-state index contributed by atoms with van der Waals surface area (Å²) in [5, 5.41) is 15.3. The van der Waals surface area contributed by atoms with E-state index in [1.807, 2.05) is 37.3 Å². The summed E-state index contributed by atoms with van der Waals surface area (Å²) in [6, 6.07) is 16.3. The molecule has 1 N–H and O–H groups in total. The average Bonchev–Trinajstić information content (AvgIpc) is 3.06. The van der Waals surface area contributed by atoms with Crippen LogP contribution in [0.1, 0.15) is 21.5 Å². The van der Waals surface area contributed by atoms with Crippen molar-refractivity contribution in [3.05, 3.63) is 71.4 Å². The molecule has 0 radical (unpaired) electrons. The van der Waals surface area contributed by atoms with Crippen molar-refractivity contribution in [3.8, 4) is 17.4 Å². The van der Waals surface area contributed by atoms with Gasteiger partial charge in [-0.15, -0.1) is 0 Å². The monoisotopic (exact) mass is 303 g/mol. The fraction of sp³-hybridized carbons (Fsp3) is 0.0556. The number of aromatic nitrogens is 1. The minimum Gasteiger partial charge on any atom is -0.355 e. The SMILES string of the molecule is Cc1ccc(-c2oncc2C(=O)Nc2ccc(C#N)cc2)cc1. The van der Waals surface area contributed by atoms with Crippen LogP contribution in [0.2, 0.25) is 0 Å². The summed E-state index contributed by atoms with van der Waals surface area (Å²) in [5.41, 5.74) is 3.41. The van der Waals surface area contributed by atoms with Crippen molar-refractivity contribution in [2.45, 2.75) is 6.92 Å². The molecular weight excluding hydrogens is 290 g/mol. The van der Waals surface area contributed by atoms with Gasteiger partial charge < -0.3 is 9.84 Å². The Morgan fingerprint density at radius 1 is 1.13 bits per heavy atom. The largest absolute Gasteiger partial charge is 0.355 e.